The van der Waals surface area contributed by atoms with Crippen molar-refractivity contribution in [2.45, 2.75) is 18.9 Å². The van der Waals surface area contributed by atoms with Crippen LogP contribution in [0.4, 0.5) is 4.79 Å². The SMILES string of the molecule is C=CCNC(=O)N1C[C@H]2C[C@H](C1)c1cccc(=O)n1C2. The van der Waals surface area contributed by atoms with Crippen LogP contribution in [0.2, 0.25) is 0 Å². The Morgan fingerprint density at radius 1 is 1.40 bits per heavy atom. The summed E-state index contributed by atoms with van der Waals surface area (Å²) in [5, 5.41) is 2.83. The standard InChI is InChI=1S/C15H19N3O2/c1-2-6-16-15(20)17-8-11-7-12(10-17)13-4-3-5-14(19)18(13)9-11/h2-5,11-12H,1,6-10H2,(H,16,20)/t11-,12-/m1/s1. The molecule has 0 aliphatic carbocycles. The number of likely N-dealkylation sites (tertiary alicyclic amines) is 1. The summed E-state index contributed by atoms with van der Waals surface area (Å²) < 4.78 is 1.87. The van der Waals surface area contributed by atoms with Crippen LogP contribution in [0.25, 0.3) is 0 Å². The molecule has 1 aromatic rings. The fourth-order valence-electron chi connectivity index (χ4n) is 3.33. The van der Waals surface area contributed by atoms with Crippen LogP contribution in [0.3, 0.4) is 0 Å². The molecular weight excluding hydrogens is 254 g/mol. The van der Waals surface area contributed by atoms with E-state index in [0.717, 1.165) is 25.2 Å². The van der Waals surface area contributed by atoms with Crippen LogP contribution in [-0.2, 0) is 6.54 Å². The molecule has 5 nitrogen and oxygen atoms in total. The van der Waals surface area contributed by atoms with Gasteiger partial charge in [0, 0.05) is 43.9 Å². The number of nitrogens with zero attached hydrogens (tertiary/aromatic N) is 2. The number of nitrogens with one attached hydrogen (secondary N) is 1. The number of carbonyl (C=O) groups excluding carboxylic acids is 1. The number of rotatable bonds is 2. The highest BCUT2D eigenvalue weighted by Gasteiger charge is 2.35. The van der Waals surface area contributed by atoms with Crippen molar-refractivity contribution in [1.29, 1.82) is 0 Å². The summed E-state index contributed by atoms with van der Waals surface area (Å²) in [6, 6.07) is 5.39. The molecule has 2 aliphatic rings. The maximum atomic E-state index is 12.1. The second-order valence-electron chi connectivity index (χ2n) is 5.58. The molecule has 2 amide bonds. The highest BCUT2D eigenvalue weighted by Crippen LogP contribution is 2.34. The van der Waals surface area contributed by atoms with Crippen LogP contribution < -0.4 is 10.9 Å². The van der Waals surface area contributed by atoms with Gasteiger partial charge < -0.3 is 14.8 Å². The minimum atomic E-state index is -0.0358. The van der Waals surface area contributed by atoms with Crippen LogP contribution in [0, 0.1) is 5.92 Å². The first-order valence-corrected chi connectivity index (χ1v) is 7.02. The summed E-state index contributed by atoms with van der Waals surface area (Å²) in [6.45, 7) is 6.21. The van der Waals surface area contributed by atoms with Crippen molar-refractivity contribution in [2.24, 2.45) is 5.92 Å². The number of aromatic nitrogens is 1. The van der Waals surface area contributed by atoms with Crippen LogP contribution in [0.15, 0.2) is 35.6 Å². The fraction of sp³-hybridized carbons (Fsp3) is 0.467. The van der Waals surface area contributed by atoms with Gasteiger partial charge in [-0.05, 0) is 18.4 Å². The Morgan fingerprint density at radius 2 is 2.25 bits per heavy atom. The quantitative estimate of drug-likeness (QED) is 0.822. The van der Waals surface area contributed by atoms with E-state index in [-0.39, 0.29) is 17.5 Å². The third kappa shape index (κ3) is 2.24. The molecule has 3 heterocycles. The van der Waals surface area contributed by atoms with Crippen molar-refractivity contribution in [3.8, 4) is 0 Å². The molecular formula is C15H19N3O2. The van der Waals surface area contributed by atoms with Crippen molar-refractivity contribution in [3.05, 3.63) is 46.9 Å². The number of fused-ring (bicyclic) bond motifs is 4. The molecule has 0 aromatic carbocycles. The van der Waals surface area contributed by atoms with E-state index >= 15 is 0 Å². The zero-order chi connectivity index (χ0) is 14.1. The van der Waals surface area contributed by atoms with E-state index in [2.05, 4.69) is 11.9 Å². The molecule has 0 unspecified atom stereocenters. The lowest BCUT2D eigenvalue weighted by Gasteiger charge is -2.42. The van der Waals surface area contributed by atoms with Gasteiger partial charge in [0.25, 0.3) is 5.56 Å². The highest BCUT2D eigenvalue weighted by molar-refractivity contribution is 5.74. The van der Waals surface area contributed by atoms with Gasteiger partial charge in [-0.2, -0.15) is 0 Å². The minimum absolute atomic E-state index is 0.0358. The predicted octanol–water partition coefficient (Wildman–Crippen LogP) is 1.16. The molecule has 106 valence electrons. The third-order valence-electron chi connectivity index (χ3n) is 4.16. The van der Waals surface area contributed by atoms with Crippen LogP contribution in [-0.4, -0.2) is 35.1 Å². The molecule has 0 spiro atoms. The van der Waals surface area contributed by atoms with E-state index in [1.807, 2.05) is 21.6 Å². The van der Waals surface area contributed by atoms with Gasteiger partial charge in [-0.1, -0.05) is 12.1 Å². The lowest BCUT2D eigenvalue weighted by Crippen LogP contribution is -2.51. The van der Waals surface area contributed by atoms with Gasteiger partial charge >= 0.3 is 6.03 Å². The van der Waals surface area contributed by atoms with Gasteiger partial charge in [-0.3, -0.25) is 4.79 Å². The molecule has 0 saturated carbocycles. The summed E-state index contributed by atoms with van der Waals surface area (Å²) in [5.41, 5.74) is 1.14. The first-order chi connectivity index (χ1) is 9.69. The molecule has 1 saturated heterocycles. The number of pyridine rings is 1. The zero-order valence-corrected chi connectivity index (χ0v) is 11.4. The number of carbonyl (C=O) groups is 1. The second kappa shape index (κ2) is 5.15. The van der Waals surface area contributed by atoms with Crippen molar-refractivity contribution < 1.29 is 4.79 Å². The Kier molecular flexibility index (Phi) is 3.34. The molecule has 20 heavy (non-hydrogen) atoms. The van der Waals surface area contributed by atoms with E-state index in [4.69, 9.17) is 0 Å². The second-order valence-corrected chi connectivity index (χ2v) is 5.58. The lowest BCUT2D eigenvalue weighted by atomic mass is 9.83. The molecule has 2 bridgehead atoms. The first kappa shape index (κ1) is 13.0. The normalized spacial score (nSPS) is 23.9. The summed E-state index contributed by atoms with van der Waals surface area (Å²) >= 11 is 0. The molecule has 1 N–H and O–H groups in total. The number of hydrogen-bond acceptors (Lipinski definition) is 2. The molecule has 3 rings (SSSR count). The predicted molar refractivity (Wildman–Crippen MR) is 76.7 cm³/mol. The number of amides is 2. The van der Waals surface area contributed by atoms with Gasteiger partial charge in [-0.15, -0.1) is 6.58 Å². The van der Waals surface area contributed by atoms with Gasteiger partial charge in [0.1, 0.15) is 0 Å². The maximum Gasteiger partial charge on any atom is 0.317 e. The third-order valence-corrected chi connectivity index (χ3v) is 4.16. The van der Waals surface area contributed by atoms with E-state index in [1.54, 1.807) is 12.1 Å². The minimum Gasteiger partial charge on any atom is -0.335 e. The number of urea groups is 1. The molecule has 2 atom stereocenters. The van der Waals surface area contributed by atoms with Crippen LogP contribution >= 0.6 is 0 Å². The Labute approximate surface area is 117 Å². The van der Waals surface area contributed by atoms with Crippen LogP contribution in [0.5, 0.6) is 0 Å². The number of piperidine rings is 1. The first-order valence-electron chi connectivity index (χ1n) is 7.02. The van der Waals surface area contributed by atoms with Crippen molar-refractivity contribution >= 4 is 6.03 Å². The Morgan fingerprint density at radius 3 is 3.05 bits per heavy atom. The Hall–Kier alpha value is -2.04. The molecule has 2 aliphatic heterocycles. The number of hydrogen-bond donors (Lipinski definition) is 1. The summed E-state index contributed by atoms with van der Waals surface area (Å²) in [7, 11) is 0. The summed E-state index contributed by atoms with van der Waals surface area (Å²) in [4.78, 5) is 25.8. The summed E-state index contributed by atoms with van der Waals surface area (Å²) in [5.74, 6) is 0.640. The molecule has 5 heteroatoms. The lowest BCUT2D eigenvalue weighted by molar-refractivity contribution is 0.132. The largest absolute Gasteiger partial charge is 0.335 e. The van der Waals surface area contributed by atoms with Crippen molar-refractivity contribution in [3.63, 3.8) is 0 Å². The van der Waals surface area contributed by atoms with Gasteiger partial charge in [-0.25, -0.2) is 4.79 Å². The van der Waals surface area contributed by atoms with Gasteiger partial charge in [0.05, 0.1) is 0 Å². The van der Waals surface area contributed by atoms with Gasteiger partial charge in [0.2, 0.25) is 0 Å². The van der Waals surface area contributed by atoms with Crippen molar-refractivity contribution in [2.75, 3.05) is 19.6 Å². The van der Waals surface area contributed by atoms with E-state index in [1.165, 1.54) is 0 Å². The monoisotopic (exact) mass is 273 g/mol. The maximum absolute atomic E-state index is 12.1. The molecule has 0 radical (unpaired) electrons. The Bertz CT molecular complexity index is 593. The van der Waals surface area contributed by atoms with E-state index in [0.29, 0.717) is 19.0 Å². The fourth-order valence-corrected chi connectivity index (χ4v) is 3.33. The topological polar surface area (TPSA) is 54.3 Å². The van der Waals surface area contributed by atoms with E-state index in [9.17, 15) is 9.59 Å². The smallest absolute Gasteiger partial charge is 0.317 e. The molecule has 1 aromatic heterocycles. The van der Waals surface area contributed by atoms with Crippen LogP contribution in [0.1, 0.15) is 18.0 Å². The molecule has 1 fully saturated rings. The summed E-state index contributed by atoms with van der Waals surface area (Å²) in [6.07, 6.45) is 2.74. The van der Waals surface area contributed by atoms with Gasteiger partial charge in [0.15, 0.2) is 0 Å². The zero-order valence-electron chi connectivity index (χ0n) is 11.4. The highest BCUT2D eigenvalue weighted by atomic mass is 16.2. The Balaban J connectivity index is 1.82. The average Bonchev–Trinajstić information content (AvgIpc) is 2.46. The van der Waals surface area contributed by atoms with Crippen molar-refractivity contribution in [1.82, 2.24) is 14.8 Å². The average molecular weight is 273 g/mol. The van der Waals surface area contributed by atoms with E-state index < -0.39 is 0 Å².